The number of hydrogen-bond acceptors (Lipinski definition) is 3. The van der Waals surface area contributed by atoms with Crippen molar-refractivity contribution < 1.29 is 0 Å². The number of hydrogen-bond donors (Lipinski definition) is 2. The molecule has 0 atom stereocenters. The standard InChI is InChI=1S/C11H16BrN3/c1-2-15-4-3-7-8(6-15)9(12)5-10(13)11(7)14/h5H,2-4,6,13-14H2,1H3. The lowest BCUT2D eigenvalue weighted by Gasteiger charge is -2.29. The Kier molecular flexibility index (Phi) is 2.89. The first-order valence-electron chi connectivity index (χ1n) is 5.21. The third-order valence-corrected chi connectivity index (χ3v) is 3.79. The highest BCUT2D eigenvalue weighted by atomic mass is 79.9. The zero-order valence-electron chi connectivity index (χ0n) is 8.89. The quantitative estimate of drug-likeness (QED) is 0.767. The van der Waals surface area contributed by atoms with Gasteiger partial charge in [-0.05, 0) is 30.2 Å². The predicted octanol–water partition coefficient (Wildman–Crippen LogP) is 1.99. The van der Waals surface area contributed by atoms with Crippen LogP contribution in [-0.4, -0.2) is 18.0 Å². The van der Waals surface area contributed by atoms with E-state index < -0.39 is 0 Å². The Bertz CT molecular complexity index is 390. The number of halogens is 1. The molecule has 1 heterocycles. The van der Waals surface area contributed by atoms with Crippen LogP contribution in [0.15, 0.2) is 10.5 Å². The summed E-state index contributed by atoms with van der Waals surface area (Å²) in [5.74, 6) is 0. The van der Waals surface area contributed by atoms with E-state index in [-0.39, 0.29) is 0 Å². The van der Waals surface area contributed by atoms with Gasteiger partial charge in [0.15, 0.2) is 0 Å². The predicted molar refractivity (Wildman–Crippen MR) is 67.6 cm³/mol. The molecule has 0 aliphatic carbocycles. The molecular formula is C11H16BrN3. The molecule has 0 spiro atoms. The van der Waals surface area contributed by atoms with E-state index in [0.717, 1.165) is 36.2 Å². The third kappa shape index (κ3) is 1.84. The van der Waals surface area contributed by atoms with Gasteiger partial charge in [0, 0.05) is 17.6 Å². The normalized spacial score (nSPS) is 16.4. The number of nitrogens with two attached hydrogens (primary N) is 2. The molecule has 1 aliphatic rings. The number of nitrogen functional groups attached to an aromatic ring is 2. The van der Waals surface area contributed by atoms with Crippen molar-refractivity contribution >= 4 is 27.3 Å². The van der Waals surface area contributed by atoms with E-state index in [1.165, 1.54) is 11.1 Å². The van der Waals surface area contributed by atoms with Crippen LogP contribution in [0.2, 0.25) is 0 Å². The molecule has 3 nitrogen and oxygen atoms in total. The van der Waals surface area contributed by atoms with E-state index in [1.54, 1.807) is 0 Å². The van der Waals surface area contributed by atoms with Gasteiger partial charge in [-0.15, -0.1) is 0 Å². The van der Waals surface area contributed by atoms with Crippen LogP contribution in [0.4, 0.5) is 11.4 Å². The minimum atomic E-state index is 0.686. The van der Waals surface area contributed by atoms with Gasteiger partial charge in [-0.25, -0.2) is 0 Å². The fourth-order valence-electron chi connectivity index (χ4n) is 2.08. The number of nitrogens with zero attached hydrogens (tertiary/aromatic N) is 1. The molecule has 0 saturated carbocycles. The summed E-state index contributed by atoms with van der Waals surface area (Å²) >= 11 is 3.56. The summed E-state index contributed by atoms with van der Waals surface area (Å²) in [6.07, 6.45) is 0.999. The van der Waals surface area contributed by atoms with Crippen LogP contribution in [0.25, 0.3) is 0 Å². The number of likely N-dealkylation sites (N-methyl/N-ethyl adjacent to an activating group) is 1. The van der Waals surface area contributed by atoms with E-state index in [2.05, 4.69) is 27.8 Å². The Morgan fingerprint density at radius 2 is 2.13 bits per heavy atom. The van der Waals surface area contributed by atoms with Crippen LogP contribution in [0.5, 0.6) is 0 Å². The van der Waals surface area contributed by atoms with Gasteiger partial charge < -0.3 is 11.5 Å². The van der Waals surface area contributed by atoms with Gasteiger partial charge in [0.25, 0.3) is 0 Å². The number of fused-ring (bicyclic) bond motifs is 1. The SMILES string of the molecule is CCN1CCc2c(N)c(N)cc(Br)c2C1. The first-order valence-corrected chi connectivity index (χ1v) is 6.00. The Hall–Kier alpha value is -0.740. The summed E-state index contributed by atoms with van der Waals surface area (Å²) in [6.45, 7) is 5.30. The molecular weight excluding hydrogens is 254 g/mol. The fraction of sp³-hybridized carbons (Fsp3) is 0.455. The molecule has 1 aromatic carbocycles. The zero-order chi connectivity index (χ0) is 11.0. The smallest absolute Gasteiger partial charge is 0.0584 e. The number of anilines is 2. The summed E-state index contributed by atoms with van der Waals surface area (Å²) in [4.78, 5) is 2.41. The topological polar surface area (TPSA) is 55.3 Å². The lowest BCUT2D eigenvalue weighted by Crippen LogP contribution is -2.31. The molecule has 15 heavy (non-hydrogen) atoms. The van der Waals surface area contributed by atoms with Gasteiger partial charge in [0.05, 0.1) is 11.4 Å². The molecule has 0 aromatic heterocycles. The van der Waals surface area contributed by atoms with Crippen molar-refractivity contribution in [3.8, 4) is 0 Å². The molecule has 4 N–H and O–H groups in total. The molecule has 0 bridgehead atoms. The first kappa shape index (κ1) is 10.8. The van der Waals surface area contributed by atoms with Crippen molar-refractivity contribution in [2.45, 2.75) is 19.9 Å². The van der Waals surface area contributed by atoms with Crippen LogP contribution in [0, 0.1) is 0 Å². The molecule has 0 saturated heterocycles. The molecule has 0 amide bonds. The van der Waals surface area contributed by atoms with Crippen LogP contribution < -0.4 is 11.5 Å². The van der Waals surface area contributed by atoms with Gasteiger partial charge >= 0.3 is 0 Å². The maximum atomic E-state index is 5.99. The maximum Gasteiger partial charge on any atom is 0.0584 e. The maximum absolute atomic E-state index is 5.99. The van der Waals surface area contributed by atoms with Gasteiger partial charge in [-0.2, -0.15) is 0 Å². The molecule has 0 fully saturated rings. The van der Waals surface area contributed by atoms with Crippen molar-refractivity contribution in [1.82, 2.24) is 4.90 Å². The summed E-state index contributed by atoms with van der Waals surface area (Å²) in [5, 5.41) is 0. The minimum absolute atomic E-state index is 0.686. The van der Waals surface area contributed by atoms with Gasteiger partial charge in [0.1, 0.15) is 0 Å². The molecule has 1 aromatic rings. The van der Waals surface area contributed by atoms with Crippen molar-refractivity contribution in [2.24, 2.45) is 0 Å². The Morgan fingerprint density at radius 3 is 2.80 bits per heavy atom. The summed E-state index contributed by atoms with van der Waals surface area (Å²) in [5.41, 5.74) is 15.8. The summed E-state index contributed by atoms with van der Waals surface area (Å²) < 4.78 is 1.09. The Balaban J connectivity index is 2.47. The second kappa shape index (κ2) is 4.02. The molecule has 0 unspecified atom stereocenters. The van der Waals surface area contributed by atoms with Crippen molar-refractivity contribution in [3.63, 3.8) is 0 Å². The van der Waals surface area contributed by atoms with Crippen molar-refractivity contribution in [2.75, 3.05) is 24.6 Å². The van der Waals surface area contributed by atoms with Crippen LogP contribution >= 0.6 is 15.9 Å². The lowest BCUT2D eigenvalue weighted by molar-refractivity contribution is 0.268. The average Bonchev–Trinajstić information content (AvgIpc) is 2.25. The Labute approximate surface area is 98.6 Å². The van der Waals surface area contributed by atoms with E-state index in [0.29, 0.717) is 5.69 Å². The van der Waals surface area contributed by atoms with Gasteiger partial charge in [0.2, 0.25) is 0 Å². The highest BCUT2D eigenvalue weighted by Crippen LogP contribution is 2.34. The van der Waals surface area contributed by atoms with Crippen LogP contribution in [0.3, 0.4) is 0 Å². The largest absolute Gasteiger partial charge is 0.397 e. The van der Waals surface area contributed by atoms with Crippen LogP contribution in [-0.2, 0) is 13.0 Å². The minimum Gasteiger partial charge on any atom is -0.397 e. The molecule has 82 valence electrons. The fourth-order valence-corrected chi connectivity index (χ4v) is 2.69. The van der Waals surface area contributed by atoms with E-state index >= 15 is 0 Å². The molecule has 0 radical (unpaired) electrons. The molecule has 2 rings (SSSR count). The van der Waals surface area contributed by atoms with Crippen LogP contribution in [0.1, 0.15) is 18.1 Å². The zero-order valence-corrected chi connectivity index (χ0v) is 10.5. The van der Waals surface area contributed by atoms with Crippen molar-refractivity contribution in [1.29, 1.82) is 0 Å². The van der Waals surface area contributed by atoms with Gasteiger partial charge in [-0.1, -0.05) is 22.9 Å². The van der Waals surface area contributed by atoms with Crippen molar-refractivity contribution in [3.05, 3.63) is 21.7 Å². The van der Waals surface area contributed by atoms with E-state index in [1.807, 2.05) is 6.07 Å². The van der Waals surface area contributed by atoms with E-state index in [4.69, 9.17) is 11.5 Å². The Morgan fingerprint density at radius 1 is 1.40 bits per heavy atom. The number of benzene rings is 1. The van der Waals surface area contributed by atoms with E-state index in [9.17, 15) is 0 Å². The number of rotatable bonds is 1. The highest BCUT2D eigenvalue weighted by Gasteiger charge is 2.20. The second-order valence-corrected chi connectivity index (χ2v) is 4.79. The molecule has 1 aliphatic heterocycles. The lowest BCUT2D eigenvalue weighted by atomic mass is 9.97. The first-order chi connectivity index (χ1) is 7.13. The van der Waals surface area contributed by atoms with Gasteiger partial charge in [-0.3, -0.25) is 4.90 Å². The second-order valence-electron chi connectivity index (χ2n) is 3.94. The molecule has 4 heteroatoms. The monoisotopic (exact) mass is 269 g/mol. The summed E-state index contributed by atoms with van der Waals surface area (Å²) in [6, 6.07) is 1.91. The third-order valence-electron chi connectivity index (χ3n) is 3.08. The highest BCUT2D eigenvalue weighted by molar-refractivity contribution is 9.10. The summed E-state index contributed by atoms with van der Waals surface area (Å²) in [7, 11) is 0. The average molecular weight is 270 g/mol.